The van der Waals surface area contributed by atoms with Gasteiger partial charge in [-0.15, -0.1) is 0 Å². The Balaban J connectivity index is 0.000000396. The summed E-state index contributed by atoms with van der Waals surface area (Å²) in [5, 5.41) is 3.31. The van der Waals surface area contributed by atoms with Gasteiger partial charge in [0.05, 0.1) is 0 Å². The van der Waals surface area contributed by atoms with Crippen molar-refractivity contribution in [2.75, 3.05) is 11.9 Å². The summed E-state index contributed by atoms with van der Waals surface area (Å²) in [4.78, 5) is 0. The fourth-order valence-corrected chi connectivity index (χ4v) is 1.40. The van der Waals surface area contributed by atoms with E-state index in [0.717, 1.165) is 13.0 Å². The first-order chi connectivity index (χ1) is 6.36. The summed E-state index contributed by atoms with van der Waals surface area (Å²) < 4.78 is 0. The van der Waals surface area contributed by atoms with E-state index in [-0.39, 0.29) is 0 Å². The normalized spacial score (nSPS) is 13.5. The van der Waals surface area contributed by atoms with Crippen molar-refractivity contribution < 1.29 is 0 Å². The molecular formula is C12H17N. The van der Waals surface area contributed by atoms with Crippen LogP contribution in [0.1, 0.15) is 19.4 Å². The van der Waals surface area contributed by atoms with Crippen LogP contribution in [0.5, 0.6) is 0 Å². The van der Waals surface area contributed by atoms with Gasteiger partial charge in [-0.1, -0.05) is 44.2 Å². The summed E-state index contributed by atoms with van der Waals surface area (Å²) >= 11 is 0. The highest BCUT2D eigenvalue weighted by molar-refractivity contribution is 5.55. The highest BCUT2D eigenvalue weighted by Crippen LogP contribution is 2.22. The Labute approximate surface area is 80.5 Å². The molecule has 1 aliphatic heterocycles. The van der Waals surface area contributed by atoms with Gasteiger partial charge in [0.1, 0.15) is 0 Å². The van der Waals surface area contributed by atoms with E-state index < -0.39 is 0 Å². The maximum absolute atomic E-state index is 3.95. The molecule has 2 rings (SSSR count). The van der Waals surface area contributed by atoms with Crippen molar-refractivity contribution in [3.63, 3.8) is 0 Å². The second-order valence-corrected chi connectivity index (χ2v) is 2.94. The van der Waals surface area contributed by atoms with Crippen molar-refractivity contribution in [2.24, 2.45) is 0 Å². The number of para-hydroxylation sites is 1. The van der Waals surface area contributed by atoms with Crippen LogP contribution < -0.4 is 5.32 Å². The van der Waals surface area contributed by atoms with Crippen LogP contribution in [-0.4, -0.2) is 6.54 Å². The van der Waals surface area contributed by atoms with E-state index in [1.165, 1.54) is 16.8 Å². The molecule has 0 radical (unpaired) electrons. The summed E-state index contributed by atoms with van der Waals surface area (Å²) in [5.74, 6) is 0. The zero-order valence-corrected chi connectivity index (χ0v) is 8.43. The minimum atomic E-state index is 0.928. The molecule has 0 saturated carbocycles. The highest BCUT2D eigenvalue weighted by Gasteiger charge is 2.08. The topological polar surface area (TPSA) is 12.0 Å². The number of rotatable bonds is 0. The van der Waals surface area contributed by atoms with Crippen LogP contribution in [0.4, 0.5) is 5.69 Å². The third kappa shape index (κ3) is 2.35. The van der Waals surface area contributed by atoms with E-state index in [9.17, 15) is 0 Å². The third-order valence-corrected chi connectivity index (χ3v) is 1.99. The van der Waals surface area contributed by atoms with E-state index in [4.69, 9.17) is 0 Å². The molecule has 1 aliphatic rings. The van der Waals surface area contributed by atoms with E-state index >= 15 is 0 Å². The SMILES string of the molecule is C=C1CNc2ccccc2C1.CC. The molecule has 0 bridgehead atoms. The van der Waals surface area contributed by atoms with Crippen molar-refractivity contribution in [3.8, 4) is 0 Å². The summed E-state index contributed by atoms with van der Waals surface area (Å²) in [5.41, 5.74) is 3.90. The van der Waals surface area contributed by atoms with E-state index in [2.05, 4.69) is 36.2 Å². The maximum Gasteiger partial charge on any atom is 0.0378 e. The molecule has 0 saturated heterocycles. The first-order valence-electron chi connectivity index (χ1n) is 4.85. The molecule has 0 spiro atoms. The lowest BCUT2D eigenvalue weighted by Gasteiger charge is -2.19. The first-order valence-corrected chi connectivity index (χ1v) is 4.85. The highest BCUT2D eigenvalue weighted by atomic mass is 14.9. The van der Waals surface area contributed by atoms with Gasteiger partial charge in [0.15, 0.2) is 0 Å². The van der Waals surface area contributed by atoms with Gasteiger partial charge in [-0.3, -0.25) is 0 Å². The lowest BCUT2D eigenvalue weighted by molar-refractivity contribution is 1.03. The van der Waals surface area contributed by atoms with Crippen LogP contribution in [0.15, 0.2) is 36.4 Å². The number of hydrogen-bond donors (Lipinski definition) is 1. The molecule has 13 heavy (non-hydrogen) atoms. The fourth-order valence-electron chi connectivity index (χ4n) is 1.40. The molecule has 0 aliphatic carbocycles. The largest absolute Gasteiger partial charge is 0.381 e. The Morgan fingerprint density at radius 2 is 1.92 bits per heavy atom. The Morgan fingerprint density at radius 1 is 1.23 bits per heavy atom. The fraction of sp³-hybridized carbons (Fsp3) is 0.333. The number of benzene rings is 1. The van der Waals surface area contributed by atoms with Crippen LogP contribution in [0.25, 0.3) is 0 Å². The van der Waals surface area contributed by atoms with Gasteiger partial charge in [-0.2, -0.15) is 0 Å². The lowest BCUT2D eigenvalue weighted by Crippen LogP contribution is -2.13. The first kappa shape index (κ1) is 9.85. The van der Waals surface area contributed by atoms with Crippen molar-refractivity contribution in [1.82, 2.24) is 0 Å². The molecule has 1 aromatic carbocycles. The molecule has 1 heterocycles. The number of hydrogen-bond acceptors (Lipinski definition) is 1. The molecule has 1 heteroatoms. The number of nitrogens with one attached hydrogen (secondary N) is 1. The molecule has 1 N–H and O–H groups in total. The van der Waals surface area contributed by atoms with Gasteiger partial charge in [-0.05, 0) is 18.1 Å². The lowest BCUT2D eigenvalue weighted by atomic mass is 10.0. The quantitative estimate of drug-likeness (QED) is 0.597. The van der Waals surface area contributed by atoms with Crippen molar-refractivity contribution in [2.45, 2.75) is 20.3 Å². The monoisotopic (exact) mass is 175 g/mol. The van der Waals surface area contributed by atoms with Gasteiger partial charge in [0.25, 0.3) is 0 Å². The number of anilines is 1. The molecule has 0 amide bonds. The van der Waals surface area contributed by atoms with Gasteiger partial charge in [-0.25, -0.2) is 0 Å². The predicted octanol–water partition coefficient (Wildman–Crippen LogP) is 3.24. The van der Waals surface area contributed by atoms with Crippen LogP contribution in [-0.2, 0) is 6.42 Å². The summed E-state index contributed by atoms with van der Waals surface area (Å²) in [6.07, 6.45) is 1.03. The summed E-state index contributed by atoms with van der Waals surface area (Å²) in [7, 11) is 0. The van der Waals surface area contributed by atoms with Gasteiger partial charge >= 0.3 is 0 Å². The Kier molecular flexibility index (Phi) is 3.56. The molecule has 0 unspecified atom stereocenters. The van der Waals surface area contributed by atoms with Crippen LogP contribution in [0, 0.1) is 0 Å². The average molecular weight is 175 g/mol. The Morgan fingerprint density at radius 3 is 2.69 bits per heavy atom. The minimum absolute atomic E-state index is 0.928. The third-order valence-electron chi connectivity index (χ3n) is 1.99. The second-order valence-electron chi connectivity index (χ2n) is 2.94. The molecule has 0 aromatic heterocycles. The van der Waals surface area contributed by atoms with E-state index in [1.54, 1.807) is 0 Å². The second kappa shape index (κ2) is 4.70. The van der Waals surface area contributed by atoms with Crippen molar-refractivity contribution >= 4 is 5.69 Å². The van der Waals surface area contributed by atoms with Crippen LogP contribution in [0.2, 0.25) is 0 Å². The smallest absolute Gasteiger partial charge is 0.0378 e. The van der Waals surface area contributed by atoms with E-state index in [0.29, 0.717) is 0 Å². The molecule has 1 nitrogen and oxygen atoms in total. The molecule has 0 atom stereocenters. The Bertz CT molecular complexity index is 289. The molecular weight excluding hydrogens is 158 g/mol. The summed E-state index contributed by atoms with van der Waals surface area (Å²) in [6.45, 7) is 8.88. The Hall–Kier alpha value is -1.24. The van der Waals surface area contributed by atoms with Gasteiger partial charge < -0.3 is 5.32 Å². The van der Waals surface area contributed by atoms with Crippen molar-refractivity contribution in [1.29, 1.82) is 0 Å². The van der Waals surface area contributed by atoms with Crippen LogP contribution >= 0.6 is 0 Å². The standard InChI is InChI=1S/C10H11N.C2H6/c1-8-6-9-4-2-3-5-10(9)11-7-8;1-2/h2-5,11H,1,6-7H2;1-2H3. The predicted molar refractivity (Wildman–Crippen MR) is 59.1 cm³/mol. The van der Waals surface area contributed by atoms with E-state index in [1.807, 2.05) is 13.8 Å². The minimum Gasteiger partial charge on any atom is -0.381 e. The zero-order chi connectivity index (χ0) is 9.68. The zero-order valence-electron chi connectivity index (χ0n) is 8.43. The molecule has 70 valence electrons. The average Bonchev–Trinajstić information content (AvgIpc) is 2.21. The molecule has 0 fully saturated rings. The maximum atomic E-state index is 3.95. The van der Waals surface area contributed by atoms with Gasteiger partial charge in [0.2, 0.25) is 0 Å². The van der Waals surface area contributed by atoms with Gasteiger partial charge in [0, 0.05) is 12.2 Å². The number of fused-ring (bicyclic) bond motifs is 1. The summed E-state index contributed by atoms with van der Waals surface area (Å²) in [6, 6.07) is 8.38. The molecule has 1 aromatic rings. The van der Waals surface area contributed by atoms with Crippen molar-refractivity contribution in [3.05, 3.63) is 42.0 Å². The van der Waals surface area contributed by atoms with Crippen LogP contribution in [0.3, 0.4) is 0 Å².